The van der Waals surface area contributed by atoms with Gasteiger partial charge >= 0.3 is 0 Å². The summed E-state index contributed by atoms with van der Waals surface area (Å²) >= 11 is 0. The lowest BCUT2D eigenvalue weighted by Crippen LogP contribution is -2.63. The van der Waals surface area contributed by atoms with Crippen molar-refractivity contribution in [3.63, 3.8) is 0 Å². The summed E-state index contributed by atoms with van der Waals surface area (Å²) in [6.07, 6.45) is 2.17. The molecule has 6 heteroatoms. The molecule has 1 heterocycles. The fourth-order valence-electron chi connectivity index (χ4n) is 2.78. The summed E-state index contributed by atoms with van der Waals surface area (Å²) in [6.45, 7) is 3.40. The zero-order valence-corrected chi connectivity index (χ0v) is 11.4. The van der Waals surface area contributed by atoms with Crippen molar-refractivity contribution in [3.8, 4) is 5.75 Å². The van der Waals surface area contributed by atoms with Crippen molar-refractivity contribution < 1.29 is 14.8 Å². The molecule has 2 fully saturated rings. The van der Waals surface area contributed by atoms with Gasteiger partial charge in [0.2, 0.25) is 0 Å². The van der Waals surface area contributed by atoms with Crippen molar-refractivity contribution >= 4 is 11.4 Å². The minimum Gasteiger partial charge on any atom is -0.494 e. The zero-order valence-electron chi connectivity index (χ0n) is 11.4. The number of β-amino-alcohol motifs (C(OH)–C–C–N with tert-alkyl or cyclic N) is 1. The van der Waals surface area contributed by atoms with Crippen LogP contribution in [0, 0.1) is 16.0 Å². The third-order valence-corrected chi connectivity index (χ3v) is 4.03. The Morgan fingerprint density at radius 3 is 2.70 bits per heavy atom. The first-order valence-electron chi connectivity index (χ1n) is 6.91. The minimum atomic E-state index is -0.601. The largest absolute Gasteiger partial charge is 0.494 e. The average molecular weight is 278 g/mol. The van der Waals surface area contributed by atoms with E-state index in [9.17, 15) is 15.2 Å². The number of ether oxygens (including phenoxy) is 1. The Balaban J connectivity index is 1.80. The van der Waals surface area contributed by atoms with E-state index in [1.54, 1.807) is 6.07 Å². The van der Waals surface area contributed by atoms with E-state index in [4.69, 9.17) is 4.74 Å². The molecule has 108 valence electrons. The maximum atomic E-state index is 11.0. The number of anilines is 1. The first-order valence-corrected chi connectivity index (χ1v) is 6.91. The Hall–Kier alpha value is -1.82. The number of rotatable bonds is 5. The smallest absolute Gasteiger partial charge is 0.275 e. The van der Waals surface area contributed by atoms with Crippen molar-refractivity contribution in [2.75, 3.05) is 24.6 Å². The Bertz CT molecular complexity index is 536. The highest BCUT2D eigenvalue weighted by Gasteiger charge is 2.52. The van der Waals surface area contributed by atoms with Gasteiger partial charge in [0.05, 0.1) is 17.6 Å². The van der Waals surface area contributed by atoms with Gasteiger partial charge in [0.15, 0.2) is 0 Å². The van der Waals surface area contributed by atoms with Crippen LogP contribution in [0.5, 0.6) is 5.75 Å². The molecule has 1 N–H and O–H groups in total. The Morgan fingerprint density at radius 2 is 2.15 bits per heavy atom. The number of hydrogen-bond donors (Lipinski definition) is 1. The molecule has 1 saturated heterocycles. The van der Waals surface area contributed by atoms with Crippen LogP contribution in [-0.4, -0.2) is 35.3 Å². The van der Waals surface area contributed by atoms with E-state index < -0.39 is 10.5 Å². The first-order chi connectivity index (χ1) is 9.51. The van der Waals surface area contributed by atoms with E-state index >= 15 is 0 Å². The van der Waals surface area contributed by atoms with E-state index in [2.05, 4.69) is 0 Å². The average Bonchev–Trinajstić information content (AvgIpc) is 3.19. The van der Waals surface area contributed by atoms with Gasteiger partial charge in [0, 0.05) is 30.9 Å². The van der Waals surface area contributed by atoms with Crippen LogP contribution < -0.4 is 9.64 Å². The Kier molecular flexibility index (Phi) is 3.05. The van der Waals surface area contributed by atoms with E-state index in [0.29, 0.717) is 31.4 Å². The lowest BCUT2D eigenvalue weighted by molar-refractivity contribution is -0.384. The van der Waals surface area contributed by atoms with Crippen LogP contribution in [-0.2, 0) is 0 Å². The number of benzene rings is 1. The summed E-state index contributed by atoms with van der Waals surface area (Å²) in [6, 6.07) is 4.76. The van der Waals surface area contributed by atoms with Gasteiger partial charge in [-0.05, 0) is 25.7 Å². The zero-order chi connectivity index (χ0) is 14.3. The third kappa shape index (κ3) is 2.31. The van der Waals surface area contributed by atoms with Gasteiger partial charge in [-0.3, -0.25) is 10.1 Å². The minimum absolute atomic E-state index is 0.0211. The molecular weight excluding hydrogens is 260 g/mol. The Morgan fingerprint density at radius 1 is 1.45 bits per heavy atom. The number of hydrogen-bond acceptors (Lipinski definition) is 5. The van der Waals surface area contributed by atoms with Crippen molar-refractivity contribution in [1.29, 1.82) is 0 Å². The molecule has 1 saturated carbocycles. The summed E-state index contributed by atoms with van der Waals surface area (Å²) in [5.41, 5.74) is 0.164. The molecule has 1 aromatic rings. The summed E-state index contributed by atoms with van der Waals surface area (Å²) in [5.74, 6) is 0.905. The van der Waals surface area contributed by atoms with Gasteiger partial charge in [-0.2, -0.15) is 0 Å². The van der Waals surface area contributed by atoms with E-state index in [-0.39, 0.29) is 5.69 Å². The standard InChI is InChI=1S/C14H18N2O4/c1-2-20-13-6-11(5-12(7-13)16(18)19)15-8-14(17,9-15)10-3-4-10/h5-7,10,17H,2-4,8-9H2,1H3. The molecule has 2 aliphatic rings. The number of nitro groups is 1. The highest BCUT2D eigenvalue weighted by atomic mass is 16.6. The maximum absolute atomic E-state index is 11.0. The predicted molar refractivity (Wildman–Crippen MR) is 74.2 cm³/mol. The van der Waals surface area contributed by atoms with Crippen LogP contribution in [0.15, 0.2) is 18.2 Å². The lowest BCUT2D eigenvalue weighted by atomic mass is 9.88. The van der Waals surface area contributed by atoms with E-state index in [1.165, 1.54) is 12.1 Å². The highest BCUT2D eigenvalue weighted by molar-refractivity contribution is 5.60. The van der Waals surface area contributed by atoms with Gasteiger partial charge in [-0.25, -0.2) is 0 Å². The molecule has 0 bridgehead atoms. The van der Waals surface area contributed by atoms with Crippen LogP contribution in [0.4, 0.5) is 11.4 Å². The molecule has 0 spiro atoms. The monoisotopic (exact) mass is 278 g/mol. The number of nitro benzene ring substituents is 1. The van der Waals surface area contributed by atoms with Gasteiger partial charge in [-0.1, -0.05) is 0 Å². The summed E-state index contributed by atoms with van der Waals surface area (Å²) in [7, 11) is 0. The molecule has 0 atom stereocenters. The molecule has 3 rings (SSSR count). The van der Waals surface area contributed by atoms with Crippen LogP contribution in [0.2, 0.25) is 0 Å². The molecule has 0 aromatic heterocycles. The van der Waals surface area contributed by atoms with Crippen molar-refractivity contribution in [3.05, 3.63) is 28.3 Å². The predicted octanol–water partition coefficient (Wildman–Crippen LogP) is 1.95. The number of aliphatic hydroxyl groups is 1. The quantitative estimate of drug-likeness (QED) is 0.658. The van der Waals surface area contributed by atoms with Crippen molar-refractivity contribution in [2.45, 2.75) is 25.4 Å². The van der Waals surface area contributed by atoms with Gasteiger partial charge in [-0.15, -0.1) is 0 Å². The first kappa shape index (κ1) is 13.2. The molecule has 0 radical (unpaired) electrons. The lowest BCUT2D eigenvalue weighted by Gasteiger charge is -2.48. The van der Waals surface area contributed by atoms with Crippen LogP contribution in [0.1, 0.15) is 19.8 Å². The van der Waals surface area contributed by atoms with Gasteiger partial charge in [0.1, 0.15) is 11.4 Å². The summed E-state index contributed by atoms with van der Waals surface area (Å²) < 4.78 is 5.37. The van der Waals surface area contributed by atoms with Gasteiger partial charge < -0.3 is 14.7 Å². The Labute approximate surface area is 117 Å². The fourth-order valence-corrected chi connectivity index (χ4v) is 2.78. The third-order valence-electron chi connectivity index (χ3n) is 4.03. The van der Waals surface area contributed by atoms with Gasteiger partial charge in [0.25, 0.3) is 5.69 Å². The summed E-state index contributed by atoms with van der Waals surface area (Å²) in [5, 5.41) is 21.3. The summed E-state index contributed by atoms with van der Waals surface area (Å²) in [4.78, 5) is 12.5. The number of non-ortho nitro benzene ring substituents is 1. The normalized spacial score (nSPS) is 20.4. The molecule has 0 amide bonds. The van der Waals surface area contributed by atoms with Crippen LogP contribution in [0.25, 0.3) is 0 Å². The SMILES string of the molecule is CCOc1cc(N2CC(O)(C3CC3)C2)cc([N+](=O)[O-])c1. The molecule has 20 heavy (non-hydrogen) atoms. The highest BCUT2D eigenvalue weighted by Crippen LogP contribution is 2.46. The van der Waals surface area contributed by atoms with E-state index in [1.807, 2.05) is 11.8 Å². The molecule has 1 aromatic carbocycles. The second-order valence-corrected chi connectivity index (χ2v) is 5.61. The second-order valence-electron chi connectivity index (χ2n) is 5.61. The fraction of sp³-hybridized carbons (Fsp3) is 0.571. The second kappa shape index (κ2) is 4.63. The molecule has 0 unspecified atom stereocenters. The molecule has 1 aliphatic carbocycles. The molecule has 1 aliphatic heterocycles. The topological polar surface area (TPSA) is 75.8 Å². The van der Waals surface area contributed by atoms with Crippen molar-refractivity contribution in [1.82, 2.24) is 0 Å². The van der Waals surface area contributed by atoms with Crippen LogP contribution in [0.3, 0.4) is 0 Å². The molecule has 6 nitrogen and oxygen atoms in total. The van der Waals surface area contributed by atoms with Crippen molar-refractivity contribution in [2.24, 2.45) is 5.92 Å². The molecular formula is C14H18N2O4. The van der Waals surface area contributed by atoms with E-state index in [0.717, 1.165) is 18.5 Å². The number of nitrogens with zero attached hydrogens (tertiary/aromatic N) is 2. The van der Waals surface area contributed by atoms with Crippen LogP contribution >= 0.6 is 0 Å². The maximum Gasteiger partial charge on any atom is 0.275 e.